The van der Waals surface area contributed by atoms with Crippen molar-refractivity contribution >= 4 is 33.5 Å². The summed E-state index contributed by atoms with van der Waals surface area (Å²) in [5.74, 6) is -0.895. The maximum atomic E-state index is 13.3. The lowest BCUT2D eigenvalue weighted by Crippen LogP contribution is -2.35. The normalized spacial score (nSPS) is 17.4. The number of esters is 2. The van der Waals surface area contributed by atoms with Crippen LogP contribution in [-0.2, 0) is 27.1 Å². The highest BCUT2D eigenvalue weighted by molar-refractivity contribution is 7.18. The third kappa shape index (κ3) is 3.50. The highest BCUT2D eigenvalue weighted by Crippen LogP contribution is 2.36. The van der Waals surface area contributed by atoms with E-state index in [0.717, 1.165) is 34.3 Å². The Balaban J connectivity index is 2.25. The van der Waals surface area contributed by atoms with Crippen molar-refractivity contribution < 1.29 is 19.1 Å². The summed E-state index contributed by atoms with van der Waals surface area (Å²) < 4.78 is 11.3. The average molecular weight is 392 g/mol. The van der Waals surface area contributed by atoms with Crippen molar-refractivity contribution in [1.82, 2.24) is 9.55 Å². The summed E-state index contributed by atoms with van der Waals surface area (Å²) >= 11 is 1.46. The molecule has 8 heteroatoms. The Labute approximate surface area is 161 Å². The number of rotatable bonds is 5. The number of thiophene rings is 1. The Morgan fingerprint density at radius 3 is 2.67 bits per heavy atom. The van der Waals surface area contributed by atoms with Crippen LogP contribution in [0.4, 0.5) is 0 Å². The SMILES string of the molecule is CCOC(=O)c1nc2sc3c(c2c(=O)n1[C@@H](C)C(=O)OCC)CC[C@H](C)C3. The fourth-order valence-electron chi connectivity index (χ4n) is 3.47. The maximum Gasteiger partial charge on any atom is 0.374 e. The number of ether oxygens (including phenoxy) is 2. The van der Waals surface area contributed by atoms with Crippen LogP contribution < -0.4 is 5.56 Å². The molecule has 0 bridgehead atoms. The molecule has 0 aliphatic heterocycles. The van der Waals surface area contributed by atoms with Crippen molar-refractivity contribution in [2.45, 2.75) is 53.0 Å². The van der Waals surface area contributed by atoms with Crippen molar-refractivity contribution in [2.75, 3.05) is 13.2 Å². The van der Waals surface area contributed by atoms with Gasteiger partial charge in [-0.15, -0.1) is 11.3 Å². The number of hydrogen-bond acceptors (Lipinski definition) is 7. The maximum absolute atomic E-state index is 13.3. The lowest BCUT2D eigenvalue weighted by atomic mass is 9.89. The standard InChI is InChI=1S/C19H24N2O5S/c1-5-25-18(23)11(4)21-15(19(24)26-6-2)20-16-14(17(21)22)12-8-7-10(3)9-13(12)27-16/h10-11H,5-9H2,1-4H3/t10-,11-/m0/s1. The molecule has 2 atom stereocenters. The van der Waals surface area contributed by atoms with Crippen LogP contribution in [0.1, 0.15) is 61.2 Å². The van der Waals surface area contributed by atoms with Crippen molar-refractivity contribution in [3.05, 3.63) is 26.6 Å². The molecule has 2 aromatic heterocycles. The van der Waals surface area contributed by atoms with Crippen LogP contribution in [0.15, 0.2) is 4.79 Å². The fraction of sp³-hybridized carbons (Fsp3) is 0.579. The number of fused-ring (bicyclic) bond motifs is 3. The highest BCUT2D eigenvalue weighted by Gasteiger charge is 2.30. The Morgan fingerprint density at radius 2 is 2.00 bits per heavy atom. The van der Waals surface area contributed by atoms with Gasteiger partial charge in [0.1, 0.15) is 10.9 Å². The van der Waals surface area contributed by atoms with Gasteiger partial charge in [0.2, 0.25) is 5.82 Å². The first-order chi connectivity index (χ1) is 12.9. The minimum atomic E-state index is -0.966. The molecule has 2 aromatic rings. The zero-order chi connectivity index (χ0) is 19.7. The minimum absolute atomic E-state index is 0.151. The van der Waals surface area contributed by atoms with E-state index in [2.05, 4.69) is 11.9 Å². The van der Waals surface area contributed by atoms with Crippen LogP contribution in [-0.4, -0.2) is 34.7 Å². The zero-order valence-electron chi connectivity index (χ0n) is 16.0. The smallest absolute Gasteiger partial charge is 0.374 e. The number of carbonyl (C=O) groups is 2. The van der Waals surface area contributed by atoms with Crippen LogP contribution in [0.5, 0.6) is 0 Å². The number of carbonyl (C=O) groups excluding carboxylic acids is 2. The predicted molar refractivity (Wildman–Crippen MR) is 102 cm³/mol. The number of aryl methyl sites for hydroxylation is 1. The van der Waals surface area contributed by atoms with Crippen LogP contribution >= 0.6 is 11.3 Å². The van der Waals surface area contributed by atoms with E-state index in [4.69, 9.17) is 9.47 Å². The second kappa shape index (κ2) is 7.80. The van der Waals surface area contributed by atoms with Gasteiger partial charge in [0.15, 0.2) is 0 Å². The molecular weight excluding hydrogens is 368 g/mol. The molecule has 0 saturated heterocycles. The second-order valence-corrected chi connectivity index (χ2v) is 7.87. The Kier molecular flexibility index (Phi) is 5.64. The van der Waals surface area contributed by atoms with Gasteiger partial charge in [-0.3, -0.25) is 9.36 Å². The number of nitrogens with zero attached hydrogens (tertiary/aromatic N) is 2. The van der Waals surface area contributed by atoms with E-state index in [1.54, 1.807) is 13.8 Å². The van der Waals surface area contributed by atoms with Gasteiger partial charge in [-0.2, -0.15) is 0 Å². The molecule has 0 unspecified atom stereocenters. The summed E-state index contributed by atoms with van der Waals surface area (Å²) in [7, 11) is 0. The quantitative estimate of drug-likeness (QED) is 0.727. The molecule has 0 amide bonds. The summed E-state index contributed by atoms with van der Waals surface area (Å²) in [4.78, 5) is 44.2. The van der Waals surface area contributed by atoms with Gasteiger partial charge in [0, 0.05) is 4.88 Å². The van der Waals surface area contributed by atoms with Crippen molar-refractivity contribution in [3.8, 4) is 0 Å². The van der Waals surface area contributed by atoms with Crippen molar-refractivity contribution in [3.63, 3.8) is 0 Å². The summed E-state index contributed by atoms with van der Waals surface area (Å²) in [5, 5.41) is 0.520. The van der Waals surface area contributed by atoms with E-state index in [9.17, 15) is 14.4 Å². The molecule has 0 saturated carbocycles. The lowest BCUT2D eigenvalue weighted by Gasteiger charge is -2.19. The summed E-state index contributed by atoms with van der Waals surface area (Å²) in [6.07, 6.45) is 2.71. The van der Waals surface area contributed by atoms with Gasteiger partial charge in [-0.25, -0.2) is 14.6 Å². The molecule has 0 spiro atoms. The van der Waals surface area contributed by atoms with E-state index in [1.165, 1.54) is 18.3 Å². The molecule has 1 aliphatic rings. The number of aromatic nitrogens is 2. The molecule has 0 aromatic carbocycles. The van der Waals surface area contributed by atoms with Crippen molar-refractivity contribution in [2.24, 2.45) is 5.92 Å². The van der Waals surface area contributed by atoms with Gasteiger partial charge < -0.3 is 9.47 Å². The topological polar surface area (TPSA) is 87.5 Å². The highest BCUT2D eigenvalue weighted by atomic mass is 32.1. The summed E-state index contributed by atoms with van der Waals surface area (Å²) in [5.41, 5.74) is 0.626. The Hall–Kier alpha value is -2.22. The Bertz CT molecular complexity index is 946. The van der Waals surface area contributed by atoms with E-state index in [1.807, 2.05) is 0 Å². The van der Waals surface area contributed by atoms with E-state index >= 15 is 0 Å². The molecule has 1 aliphatic carbocycles. The van der Waals surface area contributed by atoms with Gasteiger partial charge in [0.25, 0.3) is 5.56 Å². The van der Waals surface area contributed by atoms with E-state index < -0.39 is 18.0 Å². The first kappa shape index (κ1) is 19.5. The Morgan fingerprint density at radius 1 is 1.30 bits per heavy atom. The average Bonchev–Trinajstić information content (AvgIpc) is 2.99. The molecule has 3 rings (SSSR count). The van der Waals surface area contributed by atoms with Gasteiger partial charge >= 0.3 is 11.9 Å². The zero-order valence-corrected chi connectivity index (χ0v) is 16.9. The molecular formula is C19H24N2O5S. The van der Waals surface area contributed by atoms with E-state index in [0.29, 0.717) is 16.1 Å². The first-order valence-electron chi connectivity index (χ1n) is 9.29. The molecule has 146 valence electrons. The predicted octanol–water partition coefficient (Wildman–Crippen LogP) is 2.88. The molecule has 0 radical (unpaired) electrons. The molecule has 27 heavy (non-hydrogen) atoms. The van der Waals surface area contributed by atoms with Crippen LogP contribution in [0, 0.1) is 5.92 Å². The van der Waals surface area contributed by atoms with E-state index in [-0.39, 0.29) is 24.6 Å². The van der Waals surface area contributed by atoms with Crippen LogP contribution in [0.25, 0.3) is 10.2 Å². The molecule has 2 heterocycles. The van der Waals surface area contributed by atoms with Gasteiger partial charge in [-0.05, 0) is 51.5 Å². The second-order valence-electron chi connectivity index (χ2n) is 6.79. The first-order valence-corrected chi connectivity index (χ1v) is 10.1. The monoisotopic (exact) mass is 392 g/mol. The van der Waals surface area contributed by atoms with Gasteiger partial charge in [-0.1, -0.05) is 6.92 Å². The summed E-state index contributed by atoms with van der Waals surface area (Å²) in [6, 6.07) is -0.966. The summed E-state index contributed by atoms with van der Waals surface area (Å²) in [6.45, 7) is 7.44. The number of hydrogen-bond donors (Lipinski definition) is 0. The van der Waals surface area contributed by atoms with Crippen LogP contribution in [0.2, 0.25) is 0 Å². The van der Waals surface area contributed by atoms with Gasteiger partial charge in [0.05, 0.1) is 18.6 Å². The third-order valence-electron chi connectivity index (χ3n) is 4.83. The largest absolute Gasteiger partial charge is 0.464 e. The molecule has 0 N–H and O–H groups in total. The van der Waals surface area contributed by atoms with Crippen LogP contribution in [0.3, 0.4) is 0 Å². The lowest BCUT2D eigenvalue weighted by molar-refractivity contribution is -0.146. The molecule has 7 nitrogen and oxygen atoms in total. The fourth-order valence-corrected chi connectivity index (χ4v) is 4.84. The third-order valence-corrected chi connectivity index (χ3v) is 5.98. The minimum Gasteiger partial charge on any atom is -0.464 e. The molecule has 0 fully saturated rings. The van der Waals surface area contributed by atoms with Crippen molar-refractivity contribution in [1.29, 1.82) is 0 Å².